The van der Waals surface area contributed by atoms with Crippen molar-refractivity contribution in [3.05, 3.63) is 120 Å². The summed E-state index contributed by atoms with van der Waals surface area (Å²) in [5.74, 6) is 6.87. The minimum absolute atomic E-state index is 0.0107. The molecule has 0 radical (unpaired) electrons. The molecule has 2 aliphatic rings. The summed E-state index contributed by atoms with van der Waals surface area (Å²) in [6.45, 7) is 0. The van der Waals surface area contributed by atoms with Gasteiger partial charge in [0.15, 0.2) is 0 Å². The smallest absolute Gasteiger partial charge is 0.122 e. The van der Waals surface area contributed by atoms with Crippen LogP contribution in [0.25, 0.3) is 38.4 Å². The van der Waals surface area contributed by atoms with Crippen LogP contribution in [0.15, 0.2) is 109 Å². The molecular weight excluding hydrogens is 386 g/mol. The predicted molar refractivity (Wildman–Crippen MR) is 134 cm³/mol. The maximum absolute atomic E-state index is 3.53. The van der Waals surface area contributed by atoms with Gasteiger partial charge in [-0.15, -0.1) is 0 Å². The molecule has 7 rings (SSSR count). The highest BCUT2D eigenvalue weighted by Crippen LogP contribution is 2.50. The van der Waals surface area contributed by atoms with E-state index in [1.54, 1.807) is 0 Å². The summed E-state index contributed by atoms with van der Waals surface area (Å²) < 4.78 is 0. The van der Waals surface area contributed by atoms with Gasteiger partial charge in [0, 0.05) is 11.6 Å². The number of hydrogen-bond donors (Lipinski definition) is 0. The average molecular weight is 406 g/mol. The van der Waals surface area contributed by atoms with Gasteiger partial charge in [-0.05, 0) is 62.5 Å². The van der Waals surface area contributed by atoms with Crippen molar-refractivity contribution >= 4 is 32.9 Å². The molecule has 148 valence electrons. The van der Waals surface area contributed by atoms with E-state index in [1.807, 2.05) is 0 Å². The number of benzene rings is 5. The van der Waals surface area contributed by atoms with Crippen LogP contribution >= 0.6 is 0 Å². The quantitative estimate of drug-likeness (QED) is 0.260. The van der Waals surface area contributed by atoms with Crippen molar-refractivity contribution < 1.29 is 0 Å². The standard InChI is InChI=1S/C31H19N/c1-2-9-21(10-3-1)29-15-8-16-30-27-18-23-12-5-4-11-22(23)17-26(27)28-19-24-13-6-7-14-25(24)20-31(28)32(29)30/h1-7,9-15,17-20,30H. The molecule has 1 nitrogen and oxygen atoms in total. The molecule has 1 atom stereocenters. The van der Waals surface area contributed by atoms with Crippen LogP contribution < -0.4 is 4.90 Å². The van der Waals surface area contributed by atoms with Crippen LogP contribution in [-0.4, -0.2) is 0 Å². The SMILES string of the molecule is C1#CC2c3cc4ccccc4cc3-c3cc4ccccc4cc3N2C(c2ccccc2)=C1. The topological polar surface area (TPSA) is 3.24 Å². The zero-order valence-corrected chi connectivity index (χ0v) is 17.4. The minimum Gasteiger partial charge on any atom is -0.321 e. The van der Waals surface area contributed by atoms with E-state index in [4.69, 9.17) is 0 Å². The van der Waals surface area contributed by atoms with Crippen LogP contribution in [0.3, 0.4) is 0 Å². The maximum Gasteiger partial charge on any atom is 0.122 e. The molecular formula is C31H19N. The Kier molecular flexibility index (Phi) is 3.59. The third kappa shape index (κ3) is 2.47. The molecule has 5 aromatic carbocycles. The second-order valence-corrected chi connectivity index (χ2v) is 8.46. The lowest BCUT2D eigenvalue weighted by atomic mass is 9.83. The van der Waals surface area contributed by atoms with E-state index in [1.165, 1.54) is 49.5 Å². The Bertz CT molecular complexity index is 1630. The third-order valence-corrected chi connectivity index (χ3v) is 6.64. The summed E-state index contributed by atoms with van der Waals surface area (Å²) in [4.78, 5) is 2.44. The van der Waals surface area contributed by atoms with Crippen LogP contribution in [0.1, 0.15) is 17.2 Å². The highest BCUT2D eigenvalue weighted by molar-refractivity contribution is 6.04. The van der Waals surface area contributed by atoms with Crippen molar-refractivity contribution in [3.8, 4) is 23.0 Å². The molecule has 2 heterocycles. The van der Waals surface area contributed by atoms with Gasteiger partial charge in [0.05, 0.1) is 11.4 Å². The fourth-order valence-corrected chi connectivity index (χ4v) is 5.14. The van der Waals surface area contributed by atoms with Crippen molar-refractivity contribution in [2.45, 2.75) is 6.04 Å². The van der Waals surface area contributed by atoms with Gasteiger partial charge in [0.1, 0.15) is 6.04 Å². The van der Waals surface area contributed by atoms with Crippen LogP contribution in [0.4, 0.5) is 5.69 Å². The Labute approximate surface area is 187 Å². The lowest BCUT2D eigenvalue weighted by Crippen LogP contribution is -2.31. The highest BCUT2D eigenvalue weighted by atomic mass is 15.2. The first kappa shape index (κ1) is 17.4. The monoisotopic (exact) mass is 405 g/mol. The third-order valence-electron chi connectivity index (χ3n) is 6.64. The molecule has 2 aliphatic heterocycles. The maximum atomic E-state index is 3.53. The molecule has 0 aromatic heterocycles. The van der Waals surface area contributed by atoms with Gasteiger partial charge in [0.2, 0.25) is 0 Å². The average Bonchev–Trinajstić information content (AvgIpc) is 2.87. The second kappa shape index (κ2) is 6.61. The van der Waals surface area contributed by atoms with Crippen molar-refractivity contribution in [2.75, 3.05) is 4.90 Å². The molecule has 0 aliphatic carbocycles. The number of nitrogens with zero attached hydrogens (tertiary/aromatic N) is 1. The molecule has 0 N–H and O–H groups in total. The molecule has 0 bridgehead atoms. The number of rotatable bonds is 1. The summed E-state index contributed by atoms with van der Waals surface area (Å²) in [5.41, 5.74) is 7.40. The molecule has 5 aromatic rings. The van der Waals surface area contributed by atoms with Crippen molar-refractivity contribution in [1.29, 1.82) is 0 Å². The fourth-order valence-electron chi connectivity index (χ4n) is 5.14. The van der Waals surface area contributed by atoms with Gasteiger partial charge in [0.25, 0.3) is 0 Å². The fraction of sp³-hybridized carbons (Fsp3) is 0.0323. The first-order chi connectivity index (χ1) is 15.9. The predicted octanol–water partition coefficient (Wildman–Crippen LogP) is 7.58. The van der Waals surface area contributed by atoms with Gasteiger partial charge in [-0.3, -0.25) is 0 Å². The Balaban J connectivity index is 1.57. The summed E-state index contributed by atoms with van der Waals surface area (Å²) in [5, 5.41) is 5.03. The van der Waals surface area contributed by atoms with E-state index >= 15 is 0 Å². The number of allylic oxidation sites excluding steroid dienone is 1. The van der Waals surface area contributed by atoms with Gasteiger partial charge in [-0.25, -0.2) is 0 Å². The minimum atomic E-state index is -0.0107. The zero-order valence-electron chi connectivity index (χ0n) is 17.4. The molecule has 0 spiro atoms. The molecule has 0 fully saturated rings. The van der Waals surface area contributed by atoms with Gasteiger partial charge in [-0.1, -0.05) is 90.7 Å². The summed E-state index contributed by atoms with van der Waals surface area (Å²) >= 11 is 0. The van der Waals surface area contributed by atoms with E-state index in [0.29, 0.717) is 0 Å². The van der Waals surface area contributed by atoms with Gasteiger partial charge in [-0.2, -0.15) is 0 Å². The zero-order chi connectivity index (χ0) is 21.1. The number of fused-ring (bicyclic) bond motifs is 8. The number of hydrogen-bond acceptors (Lipinski definition) is 1. The van der Waals surface area contributed by atoms with E-state index in [0.717, 1.165) is 5.70 Å². The first-order valence-electron chi connectivity index (χ1n) is 11.0. The lowest BCUT2D eigenvalue weighted by Gasteiger charge is -2.40. The molecule has 32 heavy (non-hydrogen) atoms. The Morgan fingerprint density at radius 2 is 1.19 bits per heavy atom. The molecule has 0 amide bonds. The van der Waals surface area contributed by atoms with Crippen molar-refractivity contribution in [1.82, 2.24) is 0 Å². The summed E-state index contributed by atoms with van der Waals surface area (Å²) in [6, 6.07) is 37.2. The van der Waals surface area contributed by atoms with E-state index in [9.17, 15) is 0 Å². The van der Waals surface area contributed by atoms with E-state index in [2.05, 4.69) is 126 Å². The van der Waals surface area contributed by atoms with Crippen LogP contribution in [0, 0.1) is 11.8 Å². The lowest BCUT2D eigenvalue weighted by molar-refractivity contribution is 0.871. The summed E-state index contributed by atoms with van der Waals surface area (Å²) in [6.07, 6.45) is 2.07. The Hall–Kier alpha value is -4.28. The number of anilines is 1. The molecule has 1 unspecified atom stereocenters. The van der Waals surface area contributed by atoms with Crippen molar-refractivity contribution in [2.24, 2.45) is 0 Å². The van der Waals surface area contributed by atoms with Crippen LogP contribution in [-0.2, 0) is 0 Å². The largest absolute Gasteiger partial charge is 0.321 e. The highest BCUT2D eigenvalue weighted by Gasteiger charge is 2.34. The first-order valence-corrected chi connectivity index (χ1v) is 11.0. The van der Waals surface area contributed by atoms with Gasteiger partial charge < -0.3 is 4.90 Å². The molecule has 0 saturated heterocycles. The Morgan fingerprint density at radius 3 is 1.91 bits per heavy atom. The summed E-state index contributed by atoms with van der Waals surface area (Å²) in [7, 11) is 0. The van der Waals surface area contributed by atoms with E-state index in [-0.39, 0.29) is 6.04 Å². The van der Waals surface area contributed by atoms with Crippen molar-refractivity contribution in [3.63, 3.8) is 0 Å². The Morgan fingerprint density at radius 1 is 0.594 bits per heavy atom. The van der Waals surface area contributed by atoms with E-state index < -0.39 is 0 Å². The van der Waals surface area contributed by atoms with Gasteiger partial charge >= 0.3 is 0 Å². The van der Waals surface area contributed by atoms with Crippen LogP contribution in [0.5, 0.6) is 0 Å². The molecule has 0 saturated carbocycles. The molecule has 1 heteroatoms. The normalized spacial score (nSPS) is 15.9. The van der Waals surface area contributed by atoms with Crippen LogP contribution in [0.2, 0.25) is 0 Å². The second-order valence-electron chi connectivity index (χ2n) is 8.46.